The standard InChI is InChI=1S/C55H47N4O8PS/c1-39-56-50(59(66-39)67-40(2)60)37-49-51(61)57(53(49)69-55(42-21-9-3-10-22-42,43-23-11-4-12-24-43)44-25-13-5-14-26-44)52(54(62)65-38-41-33-35-45(36-34-41)58(63)64)68(46-27-15-6-16-28-46,47-29-17-7-18-30-47)48-31-19-8-20-32-48/h3-36,39,49,53H,37-38H2,1-2H3. The van der Waals surface area contributed by atoms with Gasteiger partial charge in [0.15, 0.2) is 12.1 Å². The number of hydrogen-bond acceptors (Lipinski definition) is 11. The van der Waals surface area contributed by atoms with Gasteiger partial charge in [-0.1, -0.05) is 187 Å². The first kappa shape index (κ1) is 46.5. The van der Waals surface area contributed by atoms with Crippen LogP contribution >= 0.6 is 18.6 Å². The summed E-state index contributed by atoms with van der Waals surface area (Å²) in [4.78, 5) is 73.0. The molecule has 2 aliphatic rings. The summed E-state index contributed by atoms with van der Waals surface area (Å²) in [7, 11) is 0. The number of amidine groups is 1. The fourth-order valence-electron chi connectivity index (χ4n) is 9.06. The number of rotatable bonds is 16. The fraction of sp³-hybridized carbons (Fsp3) is 0.145. The van der Waals surface area contributed by atoms with Gasteiger partial charge in [0.05, 0.1) is 21.0 Å². The zero-order valence-corrected chi connectivity index (χ0v) is 39.4. The molecule has 1 amide bonds. The molecular formula is C55H47N4O8PS. The van der Waals surface area contributed by atoms with Crippen LogP contribution in [0.3, 0.4) is 0 Å². The highest BCUT2D eigenvalue weighted by molar-refractivity contribution is 8.01. The molecule has 12 nitrogen and oxygen atoms in total. The second-order valence-corrected chi connectivity index (χ2v) is 21.0. The van der Waals surface area contributed by atoms with Crippen molar-refractivity contribution in [2.24, 2.45) is 10.9 Å². The minimum atomic E-state index is -3.43. The fourth-order valence-corrected chi connectivity index (χ4v) is 15.4. The van der Waals surface area contributed by atoms with Crippen LogP contribution < -0.4 is 15.9 Å². The number of hydroxylamine groups is 2. The molecule has 0 radical (unpaired) electrons. The Labute approximate surface area is 404 Å². The van der Waals surface area contributed by atoms with Crippen LogP contribution in [0.5, 0.6) is 0 Å². The lowest BCUT2D eigenvalue weighted by Crippen LogP contribution is -2.66. The summed E-state index contributed by atoms with van der Waals surface area (Å²) in [6.07, 6.45) is -0.726. The summed E-state index contributed by atoms with van der Waals surface area (Å²) < 4.78 is 5.42. The van der Waals surface area contributed by atoms with Crippen LogP contribution in [0, 0.1) is 16.0 Å². The first-order valence-electron chi connectivity index (χ1n) is 22.3. The van der Waals surface area contributed by atoms with Crippen LogP contribution in [-0.2, 0) is 40.1 Å². The number of nitrogens with zero attached hydrogens (tertiary/aromatic N) is 4. The number of carbonyl (C=O) groups excluding carboxylic acids is 3. The molecule has 0 spiro atoms. The molecule has 346 valence electrons. The van der Waals surface area contributed by atoms with Crippen LogP contribution in [0.1, 0.15) is 42.5 Å². The van der Waals surface area contributed by atoms with Gasteiger partial charge in [0.1, 0.15) is 12.0 Å². The van der Waals surface area contributed by atoms with Gasteiger partial charge in [-0.2, -0.15) is 0 Å². The van der Waals surface area contributed by atoms with Crippen molar-refractivity contribution in [3.05, 3.63) is 239 Å². The monoisotopic (exact) mass is 954 g/mol. The van der Waals surface area contributed by atoms with Gasteiger partial charge in [-0.15, -0.1) is 11.8 Å². The average Bonchev–Trinajstić information content (AvgIpc) is 3.74. The molecule has 2 heterocycles. The third-order valence-corrected chi connectivity index (χ3v) is 18.2. The summed E-state index contributed by atoms with van der Waals surface area (Å²) in [5.74, 6) is -2.37. The third kappa shape index (κ3) is 9.12. The van der Waals surface area contributed by atoms with Crippen molar-refractivity contribution in [2.45, 2.75) is 43.2 Å². The van der Waals surface area contributed by atoms with Gasteiger partial charge in [0.25, 0.3) is 5.69 Å². The summed E-state index contributed by atoms with van der Waals surface area (Å²) in [6.45, 7) is -0.705. The number of hydrogen-bond donors (Lipinski definition) is 0. The smallest absolute Gasteiger partial charge is 0.356 e. The van der Waals surface area contributed by atoms with Gasteiger partial charge < -0.3 is 9.57 Å². The molecule has 3 unspecified atom stereocenters. The van der Waals surface area contributed by atoms with Gasteiger partial charge in [-0.3, -0.25) is 19.8 Å². The van der Waals surface area contributed by atoms with Crippen LogP contribution in [0.25, 0.3) is 0 Å². The van der Waals surface area contributed by atoms with Gasteiger partial charge in [0, 0.05) is 32.4 Å². The Bertz CT molecular complexity index is 2840. The maximum atomic E-state index is 16.0. The van der Waals surface area contributed by atoms with Crippen molar-refractivity contribution >= 4 is 69.3 Å². The first-order chi connectivity index (χ1) is 33.6. The quantitative estimate of drug-likeness (QED) is 0.0230. The predicted molar refractivity (Wildman–Crippen MR) is 270 cm³/mol. The topological polar surface area (TPSA) is 141 Å². The van der Waals surface area contributed by atoms with Crippen molar-refractivity contribution in [2.75, 3.05) is 0 Å². The second-order valence-electron chi connectivity index (χ2n) is 16.4. The maximum Gasteiger partial charge on any atom is 0.356 e. The highest BCUT2D eigenvalue weighted by atomic mass is 32.2. The number of benzene rings is 7. The molecule has 3 atom stereocenters. The summed E-state index contributed by atoms with van der Waals surface area (Å²) >= 11 is 1.53. The molecule has 0 aliphatic carbocycles. The van der Waals surface area contributed by atoms with E-state index in [0.717, 1.165) is 37.8 Å². The number of ether oxygens (including phenoxy) is 1. The van der Waals surface area contributed by atoms with E-state index in [1.54, 1.807) is 24.0 Å². The van der Waals surface area contributed by atoms with E-state index in [1.165, 1.54) is 30.8 Å². The summed E-state index contributed by atoms with van der Waals surface area (Å²) in [5.41, 5.74) is 3.35. The van der Waals surface area contributed by atoms with E-state index in [2.05, 4.69) is 36.4 Å². The van der Waals surface area contributed by atoms with E-state index in [1.807, 2.05) is 146 Å². The largest absolute Gasteiger partial charge is 0.456 e. The molecule has 1 saturated heterocycles. The molecule has 14 heteroatoms. The Balaban J connectivity index is 1.34. The third-order valence-electron chi connectivity index (χ3n) is 12.1. The molecule has 0 bridgehead atoms. The molecular weight excluding hydrogens is 908 g/mol. The zero-order chi connectivity index (χ0) is 48.0. The predicted octanol–water partition coefficient (Wildman–Crippen LogP) is 9.13. The number of nitro benzene ring substituents is 1. The van der Waals surface area contributed by atoms with Crippen molar-refractivity contribution in [3.8, 4) is 0 Å². The van der Waals surface area contributed by atoms with E-state index in [0.29, 0.717) is 5.56 Å². The lowest BCUT2D eigenvalue weighted by Gasteiger charge is -2.52. The van der Waals surface area contributed by atoms with Crippen molar-refractivity contribution in [1.29, 1.82) is 0 Å². The number of likely N-dealkylation sites (tertiary alicyclic amines) is 1. The molecule has 69 heavy (non-hydrogen) atoms. The molecule has 9 rings (SSSR count). The number of β-lactam (4-membered cyclic amide) rings is 1. The van der Waals surface area contributed by atoms with Gasteiger partial charge in [-0.05, 0) is 57.2 Å². The lowest BCUT2D eigenvalue weighted by atomic mass is 9.84. The zero-order valence-electron chi connectivity index (χ0n) is 37.7. The highest BCUT2D eigenvalue weighted by Crippen LogP contribution is 2.57. The molecule has 7 aromatic carbocycles. The molecule has 0 N–H and O–H groups in total. The molecule has 1 fully saturated rings. The van der Waals surface area contributed by atoms with Crippen LogP contribution in [-0.4, -0.2) is 55.8 Å². The van der Waals surface area contributed by atoms with E-state index in [9.17, 15) is 14.9 Å². The Morgan fingerprint density at radius 2 is 1.13 bits per heavy atom. The number of amides is 1. The molecule has 7 aromatic rings. The number of aliphatic imine (C=N–C) groups is 1. The van der Waals surface area contributed by atoms with Crippen LogP contribution in [0.2, 0.25) is 0 Å². The Hall–Kier alpha value is -7.57. The first-order valence-corrected chi connectivity index (χ1v) is 25.0. The number of non-ortho nitro benzene ring substituents is 1. The summed E-state index contributed by atoms with van der Waals surface area (Å²) in [5, 5.41) is 14.1. The van der Waals surface area contributed by atoms with Crippen molar-refractivity contribution in [1.82, 2.24) is 10.1 Å². The van der Waals surface area contributed by atoms with Gasteiger partial charge >= 0.3 is 11.9 Å². The maximum absolute atomic E-state index is 16.0. The second kappa shape index (κ2) is 20.3. The Morgan fingerprint density at radius 1 is 0.696 bits per heavy atom. The SMILES string of the molecule is CC(=O)ON1OC(C)N=C1CC1C(=O)N(C(C(=O)OCc2ccc([N+](=O)[O-])cc2)=P(c2ccccc2)(c2ccccc2)c2ccccc2)C1SC(c1ccccc1)(c1ccccc1)c1ccccc1. The summed E-state index contributed by atoms with van der Waals surface area (Å²) in [6, 6.07) is 65.4. The Morgan fingerprint density at radius 3 is 1.55 bits per heavy atom. The van der Waals surface area contributed by atoms with Crippen LogP contribution in [0.15, 0.2) is 211 Å². The molecule has 2 aliphatic heterocycles. The van der Waals surface area contributed by atoms with E-state index < -0.39 is 46.0 Å². The van der Waals surface area contributed by atoms with E-state index >= 15 is 9.59 Å². The van der Waals surface area contributed by atoms with Gasteiger partial charge in [-0.25, -0.2) is 19.4 Å². The number of esters is 1. The number of nitro groups is 1. The normalized spacial score (nSPS) is 16.8. The number of carbonyl (C=O) groups is 3. The van der Waals surface area contributed by atoms with Crippen molar-refractivity contribution in [3.63, 3.8) is 0 Å². The van der Waals surface area contributed by atoms with E-state index in [4.69, 9.17) is 19.4 Å². The average molecular weight is 955 g/mol. The minimum Gasteiger partial charge on any atom is -0.456 e. The van der Waals surface area contributed by atoms with Gasteiger partial charge in [0.2, 0.25) is 5.91 Å². The lowest BCUT2D eigenvalue weighted by molar-refractivity contribution is -0.384. The molecule has 0 aromatic heterocycles. The van der Waals surface area contributed by atoms with Crippen LogP contribution in [0.4, 0.5) is 5.69 Å². The van der Waals surface area contributed by atoms with Crippen molar-refractivity contribution < 1.29 is 33.7 Å². The Kier molecular flexibility index (Phi) is 13.7. The minimum absolute atomic E-state index is 0.0162. The highest BCUT2D eigenvalue weighted by Gasteiger charge is 2.58. The molecule has 0 saturated carbocycles. The number of thioether (sulfide) groups is 1. The van der Waals surface area contributed by atoms with E-state index in [-0.39, 0.29) is 35.9 Å².